The molecule has 224 valence electrons. The summed E-state index contributed by atoms with van der Waals surface area (Å²) in [7, 11) is 0. The van der Waals surface area contributed by atoms with E-state index in [-0.39, 0.29) is 0 Å². The molecule has 1 unspecified atom stereocenters. The summed E-state index contributed by atoms with van der Waals surface area (Å²) in [6.07, 6.45) is 0. The average Bonchev–Trinajstić information content (AvgIpc) is 3.73. The van der Waals surface area contributed by atoms with Crippen molar-refractivity contribution in [3.8, 4) is 51.4 Å². The fraction of sp³-hybridized carbons (Fsp3) is 0.0233. The molecule has 0 spiro atoms. The summed E-state index contributed by atoms with van der Waals surface area (Å²) in [6.45, 7) is 0. The molecule has 0 amide bonds. The first-order chi connectivity index (χ1) is 23.8. The Morgan fingerprint density at radius 2 is 1.02 bits per heavy atom. The Hall–Kier alpha value is -6.22. The Morgan fingerprint density at radius 1 is 0.500 bits per heavy atom. The minimum atomic E-state index is -0.585. The van der Waals surface area contributed by atoms with E-state index in [2.05, 4.69) is 97.1 Å². The van der Waals surface area contributed by atoms with Gasteiger partial charge in [0, 0.05) is 32.2 Å². The predicted octanol–water partition coefficient (Wildman–Crippen LogP) is 10.3. The largest absolute Gasteiger partial charge is 0.208 e. The van der Waals surface area contributed by atoms with Crippen LogP contribution < -0.4 is 0 Å². The Labute approximate surface area is 282 Å². The van der Waals surface area contributed by atoms with Crippen LogP contribution >= 0.6 is 11.3 Å². The number of fused-ring (bicyclic) bond motifs is 5. The maximum atomic E-state index is 10.1. The van der Waals surface area contributed by atoms with Gasteiger partial charge in [-0.15, -0.1) is 11.3 Å². The molecule has 0 fully saturated rings. The molecule has 0 saturated carbocycles. The van der Waals surface area contributed by atoms with E-state index in [9.17, 15) is 5.26 Å². The Morgan fingerprint density at radius 3 is 1.62 bits per heavy atom. The first-order valence-corrected chi connectivity index (χ1v) is 16.7. The van der Waals surface area contributed by atoms with Crippen molar-refractivity contribution in [1.29, 1.82) is 5.26 Å². The highest BCUT2D eigenvalue weighted by Crippen LogP contribution is 2.58. The van der Waals surface area contributed by atoms with E-state index >= 15 is 0 Å². The molecule has 48 heavy (non-hydrogen) atoms. The lowest BCUT2D eigenvalue weighted by molar-refractivity contribution is 0.769. The minimum Gasteiger partial charge on any atom is -0.208 e. The molecule has 4 nitrogen and oxygen atoms in total. The quantitative estimate of drug-likeness (QED) is 0.190. The molecule has 1 atom stereocenters. The molecule has 6 aromatic carbocycles. The second kappa shape index (κ2) is 11.2. The average molecular weight is 631 g/mol. The number of nitrogens with zero attached hydrogens (tertiary/aromatic N) is 4. The van der Waals surface area contributed by atoms with E-state index in [0.717, 1.165) is 43.5 Å². The lowest BCUT2D eigenvalue weighted by Crippen LogP contribution is -2.28. The zero-order valence-electron chi connectivity index (χ0n) is 25.7. The van der Waals surface area contributed by atoms with Gasteiger partial charge in [-0.25, -0.2) is 15.0 Å². The van der Waals surface area contributed by atoms with E-state index < -0.39 is 5.41 Å². The Kier molecular flexibility index (Phi) is 6.56. The van der Waals surface area contributed by atoms with Crippen LogP contribution in [0.1, 0.15) is 27.8 Å². The van der Waals surface area contributed by atoms with Crippen LogP contribution in [0.5, 0.6) is 0 Å². The molecule has 0 aliphatic heterocycles. The van der Waals surface area contributed by atoms with Crippen LogP contribution in [0.4, 0.5) is 0 Å². The molecule has 0 radical (unpaired) electrons. The van der Waals surface area contributed by atoms with Gasteiger partial charge in [0.15, 0.2) is 17.5 Å². The number of hydrogen-bond acceptors (Lipinski definition) is 5. The summed E-state index contributed by atoms with van der Waals surface area (Å²) in [5.41, 5.74) is 9.93. The van der Waals surface area contributed by atoms with Gasteiger partial charge in [0.05, 0.1) is 11.0 Å². The third-order valence-corrected chi connectivity index (χ3v) is 10.3. The second-order valence-corrected chi connectivity index (χ2v) is 12.8. The van der Waals surface area contributed by atoms with E-state index in [4.69, 9.17) is 15.0 Å². The number of hydrogen-bond donors (Lipinski definition) is 0. The van der Waals surface area contributed by atoms with Crippen molar-refractivity contribution in [3.05, 3.63) is 185 Å². The van der Waals surface area contributed by atoms with Crippen LogP contribution in [0, 0.1) is 11.3 Å². The monoisotopic (exact) mass is 630 g/mol. The molecule has 1 aliphatic carbocycles. The number of nitriles is 1. The zero-order valence-corrected chi connectivity index (χ0v) is 26.5. The molecule has 2 heterocycles. The molecule has 0 saturated heterocycles. The molecule has 1 aliphatic rings. The van der Waals surface area contributed by atoms with Gasteiger partial charge >= 0.3 is 0 Å². The summed E-state index contributed by atoms with van der Waals surface area (Å²) in [4.78, 5) is 14.8. The van der Waals surface area contributed by atoms with E-state index in [1.54, 1.807) is 11.3 Å². The smallest absolute Gasteiger partial charge is 0.164 e. The van der Waals surface area contributed by atoms with Gasteiger partial charge in [-0.2, -0.15) is 5.26 Å². The van der Waals surface area contributed by atoms with Crippen LogP contribution in [-0.4, -0.2) is 15.0 Å². The van der Waals surface area contributed by atoms with Crippen molar-refractivity contribution in [2.24, 2.45) is 0 Å². The minimum absolute atomic E-state index is 0.585. The maximum Gasteiger partial charge on any atom is 0.164 e. The van der Waals surface area contributed by atoms with Gasteiger partial charge in [-0.05, 0) is 39.4 Å². The van der Waals surface area contributed by atoms with Gasteiger partial charge < -0.3 is 0 Å². The zero-order chi connectivity index (χ0) is 32.1. The van der Waals surface area contributed by atoms with Crippen LogP contribution in [0.2, 0.25) is 0 Å². The molecular formula is C43H26N4S. The number of aromatic nitrogens is 3. The number of benzene rings is 6. The first-order valence-electron chi connectivity index (χ1n) is 15.8. The fourth-order valence-corrected chi connectivity index (χ4v) is 8.15. The predicted molar refractivity (Wildman–Crippen MR) is 194 cm³/mol. The third kappa shape index (κ3) is 4.24. The van der Waals surface area contributed by atoms with Crippen molar-refractivity contribution in [1.82, 2.24) is 15.0 Å². The molecule has 9 rings (SSSR count). The lowest BCUT2D eigenvalue weighted by Gasteiger charge is -2.34. The SMILES string of the molecule is N#Cc1csc2ccc3c(c12)-c1ccccc1C3(c1ccccc1)c1ccc(-c2nc(-c3ccccc3)nc(-c3ccccc3)n2)cc1. The standard InChI is InChI=1S/C43H26N4S/c44-26-31-27-48-37-25-24-36-39(38(31)37)34-18-10-11-19-35(34)43(36,32-16-8-3-9-17-32)33-22-20-30(21-23-33)42-46-40(28-12-4-1-5-13-28)45-41(47-42)29-14-6-2-7-15-29/h1-25,27H. The van der Waals surface area contributed by atoms with Gasteiger partial charge in [0.25, 0.3) is 0 Å². The highest BCUT2D eigenvalue weighted by Gasteiger charge is 2.47. The van der Waals surface area contributed by atoms with Crippen molar-refractivity contribution in [2.45, 2.75) is 5.41 Å². The normalized spacial score (nSPS) is 14.7. The summed E-state index contributed by atoms with van der Waals surface area (Å²) in [5.74, 6) is 1.89. The first kappa shape index (κ1) is 28.0. The van der Waals surface area contributed by atoms with Crippen molar-refractivity contribution >= 4 is 21.4 Å². The van der Waals surface area contributed by atoms with Crippen LogP contribution in [0.25, 0.3) is 55.4 Å². The number of rotatable bonds is 5. The lowest BCUT2D eigenvalue weighted by atomic mass is 9.67. The summed E-state index contributed by atoms with van der Waals surface area (Å²) in [5, 5.41) is 13.1. The molecule has 8 aromatic rings. The fourth-order valence-electron chi connectivity index (χ4n) is 7.26. The molecule has 2 aromatic heterocycles. The van der Waals surface area contributed by atoms with Crippen molar-refractivity contribution in [3.63, 3.8) is 0 Å². The maximum absolute atomic E-state index is 10.1. The number of thiophene rings is 1. The van der Waals surface area contributed by atoms with Crippen LogP contribution in [0.15, 0.2) is 157 Å². The van der Waals surface area contributed by atoms with Crippen LogP contribution in [0.3, 0.4) is 0 Å². The Bertz CT molecular complexity index is 2440. The summed E-state index contributed by atoms with van der Waals surface area (Å²) >= 11 is 1.63. The Balaban J connectivity index is 1.27. The highest BCUT2D eigenvalue weighted by atomic mass is 32.1. The van der Waals surface area contributed by atoms with Gasteiger partial charge in [-0.3, -0.25) is 0 Å². The second-order valence-electron chi connectivity index (χ2n) is 11.9. The third-order valence-electron chi connectivity index (χ3n) is 9.35. The van der Waals surface area contributed by atoms with E-state index in [0.29, 0.717) is 17.5 Å². The van der Waals surface area contributed by atoms with Crippen molar-refractivity contribution in [2.75, 3.05) is 0 Å². The van der Waals surface area contributed by atoms with Crippen molar-refractivity contribution < 1.29 is 0 Å². The summed E-state index contributed by atoms with van der Waals surface area (Å²) < 4.78 is 1.12. The molecule has 5 heteroatoms. The molecule has 0 N–H and O–H groups in total. The van der Waals surface area contributed by atoms with Gasteiger partial charge in [0.2, 0.25) is 0 Å². The van der Waals surface area contributed by atoms with E-state index in [1.807, 2.05) is 66.0 Å². The highest BCUT2D eigenvalue weighted by molar-refractivity contribution is 7.17. The molecule has 0 bridgehead atoms. The molecular weight excluding hydrogens is 605 g/mol. The van der Waals surface area contributed by atoms with Crippen LogP contribution in [-0.2, 0) is 5.41 Å². The topological polar surface area (TPSA) is 62.5 Å². The van der Waals surface area contributed by atoms with Gasteiger partial charge in [-0.1, -0.05) is 146 Å². The van der Waals surface area contributed by atoms with Gasteiger partial charge in [0.1, 0.15) is 6.07 Å². The van der Waals surface area contributed by atoms with E-state index in [1.165, 1.54) is 22.3 Å². The summed E-state index contributed by atoms with van der Waals surface area (Å²) in [6, 6.07) is 55.1.